The Kier molecular flexibility index (Phi) is 5.26. The standard InChI is InChI=1S/C16H20N4O/c1-20(2)15-10-11-17-14(19-15)12-18-16(21)9-8-13-6-4-3-5-7-13/h3-7,10-11H,8-9,12H2,1-2H3,(H,18,21). The number of benzene rings is 1. The molecule has 0 saturated carbocycles. The zero-order valence-electron chi connectivity index (χ0n) is 12.4. The van der Waals surface area contributed by atoms with Gasteiger partial charge >= 0.3 is 0 Å². The first-order valence-electron chi connectivity index (χ1n) is 6.95. The highest BCUT2D eigenvalue weighted by Crippen LogP contribution is 2.05. The van der Waals surface area contributed by atoms with Gasteiger partial charge in [-0.2, -0.15) is 0 Å². The molecule has 1 amide bonds. The van der Waals surface area contributed by atoms with Crippen LogP contribution >= 0.6 is 0 Å². The van der Waals surface area contributed by atoms with Crippen LogP contribution in [-0.4, -0.2) is 30.0 Å². The van der Waals surface area contributed by atoms with E-state index in [0.29, 0.717) is 18.8 Å². The second-order valence-electron chi connectivity index (χ2n) is 4.99. The molecule has 1 aromatic carbocycles. The third kappa shape index (κ3) is 4.87. The molecule has 1 aromatic heterocycles. The maximum absolute atomic E-state index is 11.8. The molecule has 0 aliphatic carbocycles. The predicted octanol–water partition coefficient (Wildman–Crippen LogP) is 1.79. The summed E-state index contributed by atoms with van der Waals surface area (Å²) in [5.74, 6) is 1.46. The van der Waals surface area contributed by atoms with Crippen molar-refractivity contribution in [3.63, 3.8) is 0 Å². The molecule has 2 aromatic rings. The van der Waals surface area contributed by atoms with Gasteiger partial charge in [0.1, 0.15) is 11.6 Å². The summed E-state index contributed by atoms with van der Waals surface area (Å²) in [6.07, 6.45) is 2.91. The average molecular weight is 284 g/mol. The molecular weight excluding hydrogens is 264 g/mol. The summed E-state index contributed by atoms with van der Waals surface area (Å²) >= 11 is 0. The highest BCUT2D eigenvalue weighted by atomic mass is 16.1. The van der Waals surface area contributed by atoms with Gasteiger partial charge in [-0.15, -0.1) is 0 Å². The van der Waals surface area contributed by atoms with Crippen LogP contribution in [0.5, 0.6) is 0 Å². The predicted molar refractivity (Wildman–Crippen MR) is 83.0 cm³/mol. The van der Waals surface area contributed by atoms with E-state index in [1.165, 1.54) is 5.56 Å². The summed E-state index contributed by atoms with van der Waals surface area (Å²) in [4.78, 5) is 22.3. The first kappa shape index (κ1) is 15.0. The highest BCUT2D eigenvalue weighted by Gasteiger charge is 2.05. The minimum absolute atomic E-state index is 0.0118. The number of nitrogens with zero attached hydrogens (tertiary/aromatic N) is 3. The Bertz CT molecular complexity index is 584. The number of nitrogens with one attached hydrogen (secondary N) is 1. The first-order valence-corrected chi connectivity index (χ1v) is 6.95. The summed E-state index contributed by atoms with van der Waals surface area (Å²) in [5, 5.41) is 2.85. The van der Waals surface area contributed by atoms with Crippen LogP contribution in [0.15, 0.2) is 42.6 Å². The number of carbonyl (C=O) groups is 1. The molecule has 0 bridgehead atoms. The SMILES string of the molecule is CN(C)c1ccnc(CNC(=O)CCc2ccccc2)n1. The molecule has 5 nitrogen and oxygen atoms in total. The molecule has 0 radical (unpaired) electrons. The molecule has 5 heteroatoms. The van der Waals surface area contributed by atoms with Crippen LogP contribution in [0.25, 0.3) is 0 Å². The van der Waals surface area contributed by atoms with E-state index in [9.17, 15) is 4.79 Å². The fraction of sp³-hybridized carbons (Fsp3) is 0.312. The second kappa shape index (κ2) is 7.38. The molecule has 2 rings (SSSR count). The summed E-state index contributed by atoms with van der Waals surface area (Å²) in [7, 11) is 3.84. The van der Waals surface area contributed by atoms with Gasteiger partial charge in [0.25, 0.3) is 0 Å². The Morgan fingerprint density at radius 2 is 1.95 bits per heavy atom. The number of hydrogen-bond donors (Lipinski definition) is 1. The molecule has 0 saturated heterocycles. The van der Waals surface area contributed by atoms with Gasteiger partial charge in [0.2, 0.25) is 5.91 Å². The molecule has 0 spiro atoms. The van der Waals surface area contributed by atoms with Crippen LogP contribution < -0.4 is 10.2 Å². The van der Waals surface area contributed by atoms with E-state index in [-0.39, 0.29) is 5.91 Å². The Hall–Kier alpha value is -2.43. The number of hydrogen-bond acceptors (Lipinski definition) is 4. The van der Waals surface area contributed by atoms with E-state index in [0.717, 1.165) is 12.2 Å². The topological polar surface area (TPSA) is 58.1 Å². The lowest BCUT2D eigenvalue weighted by Crippen LogP contribution is -2.24. The van der Waals surface area contributed by atoms with Crippen molar-refractivity contribution in [3.8, 4) is 0 Å². The molecule has 1 N–H and O–H groups in total. The van der Waals surface area contributed by atoms with Crippen LogP contribution in [-0.2, 0) is 17.8 Å². The average Bonchev–Trinajstić information content (AvgIpc) is 2.52. The lowest BCUT2D eigenvalue weighted by Gasteiger charge is -2.11. The van der Waals surface area contributed by atoms with Gasteiger partial charge < -0.3 is 10.2 Å². The molecule has 0 unspecified atom stereocenters. The Labute approximate surface area is 125 Å². The normalized spacial score (nSPS) is 10.2. The van der Waals surface area contributed by atoms with Crippen molar-refractivity contribution in [2.75, 3.05) is 19.0 Å². The minimum atomic E-state index is 0.0118. The first-order chi connectivity index (χ1) is 10.1. The van der Waals surface area contributed by atoms with E-state index in [1.807, 2.05) is 55.4 Å². The fourth-order valence-electron chi connectivity index (χ4n) is 1.89. The van der Waals surface area contributed by atoms with E-state index in [1.54, 1.807) is 6.20 Å². The number of aryl methyl sites for hydroxylation is 1. The van der Waals surface area contributed by atoms with Crippen molar-refractivity contribution < 1.29 is 4.79 Å². The summed E-state index contributed by atoms with van der Waals surface area (Å²) < 4.78 is 0. The summed E-state index contributed by atoms with van der Waals surface area (Å²) in [6, 6.07) is 11.8. The third-order valence-electron chi connectivity index (χ3n) is 3.08. The molecule has 1 heterocycles. The highest BCUT2D eigenvalue weighted by molar-refractivity contribution is 5.76. The molecule has 0 aliphatic heterocycles. The van der Waals surface area contributed by atoms with Gasteiger partial charge in [-0.3, -0.25) is 4.79 Å². The lowest BCUT2D eigenvalue weighted by molar-refractivity contribution is -0.121. The van der Waals surface area contributed by atoms with Crippen molar-refractivity contribution in [2.45, 2.75) is 19.4 Å². The van der Waals surface area contributed by atoms with Crippen molar-refractivity contribution in [1.29, 1.82) is 0 Å². The Morgan fingerprint density at radius 1 is 1.19 bits per heavy atom. The quantitative estimate of drug-likeness (QED) is 0.878. The maximum atomic E-state index is 11.8. The number of rotatable bonds is 6. The summed E-state index contributed by atoms with van der Waals surface area (Å²) in [5.41, 5.74) is 1.17. The van der Waals surface area contributed by atoms with Gasteiger partial charge in [0.05, 0.1) is 6.54 Å². The van der Waals surface area contributed by atoms with Crippen molar-refractivity contribution in [2.24, 2.45) is 0 Å². The Balaban J connectivity index is 1.80. The number of amides is 1. The largest absolute Gasteiger partial charge is 0.363 e. The maximum Gasteiger partial charge on any atom is 0.220 e. The van der Waals surface area contributed by atoms with E-state index in [2.05, 4.69) is 15.3 Å². The monoisotopic (exact) mass is 284 g/mol. The third-order valence-corrected chi connectivity index (χ3v) is 3.08. The van der Waals surface area contributed by atoms with Crippen molar-refractivity contribution in [1.82, 2.24) is 15.3 Å². The second-order valence-corrected chi connectivity index (χ2v) is 4.99. The van der Waals surface area contributed by atoms with E-state index < -0.39 is 0 Å². The van der Waals surface area contributed by atoms with Crippen molar-refractivity contribution >= 4 is 11.7 Å². The molecule has 21 heavy (non-hydrogen) atoms. The van der Waals surface area contributed by atoms with E-state index >= 15 is 0 Å². The lowest BCUT2D eigenvalue weighted by atomic mass is 10.1. The number of carbonyl (C=O) groups excluding carboxylic acids is 1. The van der Waals surface area contributed by atoms with Crippen LogP contribution in [0.4, 0.5) is 5.82 Å². The Morgan fingerprint density at radius 3 is 2.67 bits per heavy atom. The zero-order valence-corrected chi connectivity index (χ0v) is 12.4. The van der Waals surface area contributed by atoms with Crippen molar-refractivity contribution in [3.05, 3.63) is 54.0 Å². The van der Waals surface area contributed by atoms with Crippen LogP contribution in [0.2, 0.25) is 0 Å². The molecule has 0 aliphatic rings. The van der Waals surface area contributed by atoms with Crippen LogP contribution in [0.1, 0.15) is 17.8 Å². The van der Waals surface area contributed by atoms with Gasteiger partial charge in [0, 0.05) is 26.7 Å². The smallest absolute Gasteiger partial charge is 0.220 e. The van der Waals surface area contributed by atoms with Gasteiger partial charge in [-0.25, -0.2) is 9.97 Å². The summed E-state index contributed by atoms with van der Waals surface area (Å²) in [6.45, 7) is 0.356. The van der Waals surface area contributed by atoms with Crippen LogP contribution in [0.3, 0.4) is 0 Å². The van der Waals surface area contributed by atoms with Crippen LogP contribution in [0, 0.1) is 0 Å². The number of aromatic nitrogens is 2. The molecular formula is C16H20N4O. The fourth-order valence-corrected chi connectivity index (χ4v) is 1.89. The molecule has 0 fully saturated rings. The van der Waals surface area contributed by atoms with Gasteiger partial charge in [0.15, 0.2) is 0 Å². The molecule has 0 atom stereocenters. The van der Waals surface area contributed by atoms with Gasteiger partial charge in [-0.1, -0.05) is 30.3 Å². The van der Waals surface area contributed by atoms with Gasteiger partial charge in [-0.05, 0) is 18.1 Å². The number of anilines is 1. The zero-order chi connectivity index (χ0) is 15.1. The minimum Gasteiger partial charge on any atom is -0.363 e. The van der Waals surface area contributed by atoms with E-state index in [4.69, 9.17) is 0 Å². The molecule has 110 valence electrons.